The smallest absolute Gasteiger partial charge is 0.371 e. The van der Waals surface area contributed by atoms with E-state index in [-0.39, 0.29) is 6.42 Å². The number of carboxylic acids is 2. The molecule has 0 aliphatic rings. The Morgan fingerprint density at radius 3 is 1.73 bits per heavy atom. The molecule has 0 amide bonds. The van der Waals surface area contributed by atoms with E-state index < -0.39 is 23.6 Å². The molecule has 0 aromatic heterocycles. The highest BCUT2D eigenvalue weighted by Crippen LogP contribution is 2.28. The Hall–Kier alpha value is -1.22. The molecule has 8 heteroatoms. The topological polar surface area (TPSA) is 134 Å². The highest BCUT2D eigenvalue weighted by molar-refractivity contribution is 5.84. The highest BCUT2D eigenvalue weighted by atomic mass is 17.2. The Balaban J connectivity index is 4.31. The summed E-state index contributed by atoms with van der Waals surface area (Å²) < 4.78 is 0. The van der Waals surface area contributed by atoms with Crippen molar-refractivity contribution < 1.29 is 40.1 Å². The van der Waals surface area contributed by atoms with Gasteiger partial charge in [0.2, 0.25) is 0 Å². The van der Waals surface area contributed by atoms with Crippen LogP contribution < -0.4 is 0 Å². The standard InChI is InChI=1S/C14H26O8/c1-2-3-4-5-6-7-8-9-10-11(12(15)16)14(21-19,22-20)13(17)18/h11,19-20H,2-10H2,1H3,(H,15,16)(H,17,18). The largest absolute Gasteiger partial charge is 0.481 e. The van der Waals surface area contributed by atoms with Crippen molar-refractivity contribution in [2.75, 3.05) is 0 Å². The lowest BCUT2D eigenvalue weighted by Gasteiger charge is -2.27. The molecule has 0 heterocycles. The first-order valence-electron chi connectivity index (χ1n) is 7.57. The predicted molar refractivity (Wildman–Crippen MR) is 76.1 cm³/mol. The second kappa shape index (κ2) is 11.4. The first-order chi connectivity index (χ1) is 10.5. The summed E-state index contributed by atoms with van der Waals surface area (Å²) >= 11 is 0. The van der Waals surface area contributed by atoms with E-state index in [2.05, 4.69) is 16.7 Å². The van der Waals surface area contributed by atoms with Crippen LogP contribution in [0.15, 0.2) is 0 Å². The lowest BCUT2D eigenvalue weighted by molar-refractivity contribution is -0.481. The van der Waals surface area contributed by atoms with E-state index in [4.69, 9.17) is 20.7 Å². The van der Waals surface area contributed by atoms with Crippen LogP contribution in [0.5, 0.6) is 0 Å². The minimum atomic E-state index is -3.01. The van der Waals surface area contributed by atoms with Gasteiger partial charge in [0.05, 0.1) is 0 Å². The van der Waals surface area contributed by atoms with Gasteiger partial charge < -0.3 is 10.2 Å². The molecule has 0 aromatic rings. The molecule has 0 aliphatic heterocycles. The van der Waals surface area contributed by atoms with E-state index in [1.165, 1.54) is 19.3 Å². The SMILES string of the molecule is CCCCCCCCCCC(C(=O)O)C(OO)(OO)C(=O)O. The normalized spacial score (nSPS) is 13.0. The molecule has 1 unspecified atom stereocenters. The molecule has 0 aromatic carbocycles. The average molecular weight is 322 g/mol. The first-order valence-corrected chi connectivity index (χ1v) is 7.57. The minimum Gasteiger partial charge on any atom is -0.481 e. The Morgan fingerprint density at radius 2 is 1.36 bits per heavy atom. The van der Waals surface area contributed by atoms with Crippen LogP contribution in [-0.4, -0.2) is 38.5 Å². The van der Waals surface area contributed by atoms with E-state index in [9.17, 15) is 9.59 Å². The molecule has 0 aliphatic carbocycles. The third-order valence-electron chi connectivity index (χ3n) is 3.67. The molecule has 4 N–H and O–H groups in total. The van der Waals surface area contributed by atoms with Crippen molar-refractivity contribution in [3.05, 3.63) is 0 Å². The van der Waals surface area contributed by atoms with Crippen molar-refractivity contribution in [1.29, 1.82) is 0 Å². The Bertz CT molecular complexity index is 327. The van der Waals surface area contributed by atoms with Crippen molar-refractivity contribution in [3.8, 4) is 0 Å². The maximum absolute atomic E-state index is 11.2. The number of hydrogen-bond acceptors (Lipinski definition) is 6. The summed E-state index contributed by atoms with van der Waals surface area (Å²) in [5, 5.41) is 35.3. The van der Waals surface area contributed by atoms with Gasteiger partial charge in [0.25, 0.3) is 0 Å². The molecule has 0 fully saturated rings. The van der Waals surface area contributed by atoms with E-state index in [0.29, 0.717) is 6.42 Å². The lowest BCUT2D eigenvalue weighted by Crippen LogP contribution is -2.52. The molecule has 0 saturated heterocycles. The van der Waals surface area contributed by atoms with Gasteiger partial charge in [-0.25, -0.2) is 15.3 Å². The van der Waals surface area contributed by atoms with Crippen LogP contribution >= 0.6 is 0 Å². The van der Waals surface area contributed by atoms with Gasteiger partial charge in [-0.1, -0.05) is 58.3 Å². The Labute approximate surface area is 129 Å². The zero-order valence-corrected chi connectivity index (χ0v) is 12.9. The van der Waals surface area contributed by atoms with Gasteiger partial charge in [-0.05, 0) is 6.42 Å². The third-order valence-corrected chi connectivity index (χ3v) is 3.67. The Morgan fingerprint density at radius 1 is 0.909 bits per heavy atom. The molecule has 0 radical (unpaired) electrons. The zero-order valence-electron chi connectivity index (χ0n) is 12.9. The van der Waals surface area contributed by atoms with Gasteiger partial charge in [-0.3, -0.25) is 4.79 Å². The van der Waals surface area contributed by atoms with Crippen molar-refractivity contribution in [2.24, 2.45) is 5.92 Å². The molecule has 0 saturated carbocycles. The van der Waals surface area contributed by atoms with Crippen molar-refractivity contribution in [3.63, 3.8) is 0 Å². The van der Waals surface area contributed by atoms with Gasteiger partial charge in [0, 0.05) is 0 Å². The monoisotopic (exact) mass is 322 g/mol. The highest BCUT2D eigenvalue weighted by Gasteiger charge is 2.54. The van der Waals surface area contributed by atoms with E-state index in [1.807, 2.05) is 0 Å². The number of rotatable bonds is 14. The summed E-state index contributed by atoms with van der Waals surface area (Å²) in [7, 11) is 0. The van der Waals surface area contributed by atoms with Crippen LogP contribution in [0.2, 0.25) is 0 Å². The summed E-state index contributed by atoms with van der Waals surface area (Å²) in [4.78, 5) is 29.5. The fourth-order valence-corrected chi connectivity index (χ4v) is 2.33. The van der Waals surface area contributed by atoms with Crippen LogP contribution in [0, 0.1) is 5.92 Å². The summed E-state index contributed by atoms with van der Waals surface area (Å²) in [6.07, 6.45) is 7.66. The van der Waals surface area contributed by atoms with Crippen LogP contribution in [0.4, 0.5) is 0 Å². The molecular formula is C14H26O8. The number of unbranched alkanes of at least 4 members (excludes halogenated alkanes) is 7. The molecule has 22 heavy (non-hydrogen) atoms. The fourth-order valence-electron chi connectivity index (χ4n) is 2.33. The minimum absolute atomic E-state index is 0.0995. The maximum Gasteiger partial charge on any atom is 0.371 e. The molecule has 0 bridgehead atoms. The van der Waals surface area contributed by atoms with Crippen molar-refractivity contribution >= 4 is 11.9 Å². The summed E-state index contributed by atoms with van der Waals surface area (Å²) in [6, 6.07) is 0. The average Bonchev–Trinajstić information content (AvgIpc) is 2.48. The van der Waals surface area contributed by atoms with E-state index >= 15 is 0 Å². The van der Waals surface area contributed by atoms with Gasteiger partial charge in [0.15, 0.2) is 0 Å². The number of hydrogen-bond donors (Lipinski definition) is 4. The van der Waals surface area contributed by atoms with Gasteiger partial charge >= 0.3 is 17.7 Å². The molecule has 0 spiro atoms. The summed E-state index contributed by atoms with van der Waals surface area (Å²) in [5.41, 5.74) is 0. The van der Waals surface area contributed by atoms with Crippen LogP contribution in [0.25, 0.3) is 0 Å². The molecule has 1 atom stereocenters. The first kappa shape index (κ1) is 20.8. The predicted octanol–water partition coefficient (Wildman–Crippen LogP) is 2.98. The fraction of sp³-hybridized carbons (Fsp3) is 0.857. The number of aliphatic carboxylic acids is 2. The summed E-state index contributed by atoms with van der Waals surface area (Å²) in [6.45, 7) is 2.13. The number of carboxylic acid groups (broad SMARTS) is 2. The number of carbonyl (C=O) groups is 2. The molecule has 8 nitrogen and oxygen atoms in total. The lowest BCUT2D eigenvalue weighted by atomic mass is 9.92. The second-order valence-electron chi connectivity index (χ2n) is 5.31. The molecular weight excluding hydrogens is 296 g/mol. The second-order valence-corrected chi connectivity index (χ2v) is 5.31. The van der Waals surface area contributed by atoms with Crippen LogP contribution in [0.3, 0.4) is 0 Å². The van der Waals surface area contributed by atoms with Crippen molar-refractivity contribution in [1.82, 2.24) is 0 Å². The molecule has 0 rings (SSSR count). The van der Waals surface area contributed by atoms with E-state index in [1.54, 1.807) is 0 Å². The van der Waals surface area contributed by atoms with Gasteiger partial charge in [0.1, 0.15) is 5.92 Å². The summed E-state index contributed by atoms with van der Waals surface area (Å²) in [5.74, 6) is -8.18. The van der Waals surface area contributed by atoms with E-state index in [0.717, 1.165) is 25.7 Å². The third kappa shape index (κ3) is 6.27. The van der Waals surface area contributed by atoms with Crippen molar-refractivity contribution in [2.45, 2.75) is 70.5 Å². The maximum atomic E-state index is 11.2. The van der Waals surface area contributed by atoms with Crippen LogP contribution in [-0.2, 0) is 19.4 Å². The Kier molecular flexibility index (Phi) is 10.7. The van der Waals surface area contributed by atoms with Crippen LogP contribution in [0.1, 0.15) is 64.7 Å². The zero-order chi connectivity index (χ0) is 17.0. The van der Waals surface area contributed by atoms with Gasteiger partial charge in [-0.15, -0.1) is 0 Å². The quantitative estimate of drug-likeness (QED) is 0.166. The molecule has 130 valence electrons. The van der Waals surface area contributed by atoms with Gasteiger partial charge in [-0.2, -0.15) is 9.78 Å².